The zero-order chi connectivity index (χ0) is 27.8. The summed E-state index contributed by atoms with van der Waals surface area (Å²) in [6.45, 7) is 0.706. The number of halogens is 2. The van der Waals surface area contributed by atoms with Crippen LogP contribution in [-0.4, -0.2) is 52.8 Å². The molecule has 1 fully saturated rings. The highest BCUT2D eigenvalue weighted by atomic mass is 35.5. The molecule has 1 saturated heterocycles. The van der Waals surface area contributed by atoms with E-state index in [9.17, 15) is 14.0 Å². The van der Waals surface area contributed by atoms with E-state index in [0.29, 0.717) is 18.7 Å². The zero-order valence-electron chi connectivity index (χ0n) is 21.2. The molecule has 0 bridgehead atoms. The summed E-state index contributed by atoms with van der Waals surface area (Å²) in [4.78, 5) is 33.4. The lowest BCUT2D eigenvalue weighted by Gasteiger charge is -2.28. The van der Waals surface area contributed by atoms with Crippen LogP contribution in [0.15, 0.2) is 73.1 Å². The van der Waals surface area contributed by atoms with E-state index in [-0.39, 0.29) is 28.1 Å². The maximum absolute atomic E-state index is 14.8. The largest absolute Gasteiger partial charge is 0.465 e. The van der Waals surface area contributed by atoms with E-state index in [0.717, 1.165) is 33.4 Å². The minimum absolute atomic E-state index is 0.147. The van der Waals surface area contributed by atoms with E-state index >= 15 is 0 Å². The molecule has 8 nitrogen and oxygen atoms in total. The van der Waals surface area contributed by atoms with Gasteiger partial charge in [-0.25, -0.2) is 18.7 Å². The third-order valence-corrected chi connectivity index (χ3v) is 8.08. The summed E-state index contributed by atoms with van der Waals surface area (Å²) in [5, 5.41) is 4.75. The second kappa shape index (κ2) is 10.8. The van der Waals surface area contributed by atoms with E-state index in [1.807, 2.05) is 42.6 Å². The lowest BCUT2D eigenvalue weighted by molar-refractivity contribution is 0.0607. The van der Waals surface area contributed by atoms with Gasteiger partial charge in [-0.1, -0.05) is 35.9 Å². The van der Waals surface area contributed by atoms with Crippen LogP contribution in [0.3, 0.4) is 0 Å². The van der Waals surface area contributed by atoms with Crippen molar-refractivity contribution >= 4 is 46.1 Å². The maximum Gasteiger partial charge on any atom is 0.350 e. The van der Waals surface area contributed by atoms with Gasteiger partial charge >= 0.3 is 5.97 Å². The topological polar surface area (TPSA) is 86.0 Å². The van der Waals surface area contributed by atoms with Crippen molar-refractivity contribution in [3.63, 3.8) is 0 Å². The van der Waals surface area contributed by atoms with Gasteiger partial charge in [0.25, 0.3) is 5.91 Å². The Morgan fingerprint density at radius 1 is 1.15 bits per heavy atom. The van der Waals surface area contributed by atoms with E-state index in [1.54, 1.807) is 16.8 Å². The number of amides is 1. The van der Waals surface area contributed by atoms with Crippen LogP contribution in [0.25, 0.3) is 27.3 Å². The second-order valence-electron chi connectivity index (χ2n) is 9.16. The Bertz CT molecular complexity index is 1700. The Morgan fingerprint density at radius 3 is 2.65 bits per heavy atom. The summed E-state index contributed by atoms with van der Waals surface area (Å²) >= 11 is 7.12. The SMILES string of the molecule is COC(=O)c1sc(-c2ccc(-c3cc4ncccn4n3)cc2)cc1N(C(=O)c1ccc(Cl)cc1F)C1CCOC1. The number of methoxy groups -OCH3 is 1. The predicted molar refractivity (Wildman–Crippen MR) is 151 cm³/mol. The number of nitrogens with zero attached hydrogens (tertiary/aromatic N) is 4. The van der Waals surface area contributed by atoms with Crippen molar-refractivity contribution in [1.82, 2.24) is 14.6 Å². The van der Waals surface area contributed by atoms with Crippen molar-refractivity contribution in [2.75, 3.05) is 25.2 Å². The van der Waals surface area contributed by atoms with Gasteiger partial charge in [-0.05, 0) is 42.3 Å². The smallest absolute Gasteiger partial charge is 0.350 e. The first-order valence-electron chi connectivity index (χ1n) is 12.4. The predicted octanol–water partition coefficient (Wildman–Crippen LogP) is 6.14. The van der Waals surface area contributed by atoms with Gasteiger partial charge in [0.1, 0.15) is 10.7 Å². The Labute approximate surface area is 237 Å². The molecule has 40 heavy (non-hydrogen) atoms. The third-order valence-electron chi connectivity index (χ3n) is 6.70. The number of carbonyl (C=O) groups is 2. The van der Waals surface area contributed by atoms with E-state index in [1.165, 1.54) is 35.5 Å². The van der Waals surface area contributed by atoms with Crippen molar-refractivity contribution in [2.24, 2.45) is 0 Å². The molecule has 1 aliphatic heterocycles. The number of fused-ring (bicyclic) bond motifs is 1. The van der Waals surface area contributed by atoms with E-state index < -0.39 is 17.7 Å². The fourth-order valence-electron chi connectivity index (χ4n) is 4.71. The molecule has 6 rings (SSSR count). The average molecular weight is 577 g/mol. The van der Waals surface area contributed by atoms with Gasteiger partial charge in [-0.3, -0.25) is 4.79 Å². The molecule has 5 aromatic rings. The minimum Gasteiger partial charge on any atom is -0.465 e. The van der Waals surface area contributed by atoms with Crippen LogP contribution in [0.2, 0.25) is 5.02 Å². The first-order valence-corrected chi connectivity index (χ1v) is 13.6. The standard InChI is InChI=1S/C29H22ClFN4O4S/c1-38-29(37)27-24(35(20-9-12-39-16-20)28(36)21-8-7-19(30)13-22(21)31)15-25(40-27)18-5-3-17(4-6-18)23-14-26-32-10-2-11-34(26)33-23/h2-8,10-11,13-15,20H,9,12,16H2,1H3. The number of hydrogen-bond acceptors (Lipinski definition) is 7. The summed E-state index contributed by atoms with van der Waals surface area (Å²) in [5.74, 6) is -1.92. The monoisotopic (exact) mass is 576 g/mol. The molecule has 0 radical (unpaired) electrons. The molecule has 0 spiro atoms. The number of thiophene rings is 1. The fraction of sp³-hybridized carbons (Fsp3) is 0.172. The third kappa shape index (κ3) is 4.85. The Hall–Kier alpha value is -4.12. The van der Waals surface area contributed by atoms with Crippen molar-refractivity contribution in [3.8, 4) is 21.7 Å². The molecule has 1 aliphatic rings. The fourth-order valence-corrected chi connectivity index (χ4v) is 5.94. The van der Waals surface area contributed by atoms with Crippen LogP contribution >= 0.6 is 22.9 Å². The van der Waals surface area contributed by atoms with Crippen LogP contribution in [0.5, 0.6) is 0 Å². The van der Waals surface area contributed by atoms with Crippen molar-refractivity contribution in [1.29, 1.82) is 0 Å². The number of aromatic nitrogens is 3. The molecule has 4 heterocycles. The summed E-state index contributed by atoms with van der Waals surface area (Å²) in [6, 6.07) is 16.7. The van der Waals surface area contributed by atoms with Gasteiger partial charge in [0.2, 0.25) is 0 Å². The Balaban J connectivity index is 1.40. The summed E-state index contributed by atoms with van der Waals surface area (Å²) in [5.41, 5.74) is 3.45. The zero-order valence-corrected chi connectivity index (χ0v) is 22.8. The quantitative estimate of drug-likeness (QED) is 0.226. The molecule has 202 valence electrons. The molecule has 3 aromatic heterocycles. The number of anilines is 1. The van der Waals surface area contributed by atoms with Crippen LogP contribution in [-0.2, 0) is 9.47 Å². The molecule has 0 saturated carbocycles. The highest BCUT2D eigenvalue weighted by Crippen LogP contribution is 2.40. The molecule has 1 amide bonds. The molecular formula is C29H22ClFN4O4S. The number of hydrogen-bond donors (Lipinski definition) is 0. The first-order chi connectivity index (χ1) is 19.4. The molecule has 0 aliphatic carbocycles. The lowest BCUT2D eigenvalue weighted by atomic mass is 10.1. The van der Waals surface area contributed by atoms with Crippen LogP contribution < -0.4 is 4.90 Å². The highest BCUT2D eigenvalue weighted by molar-refractivity contribution is 7.18. The summed E-state index contributed by atoms with van der Waals surface area (Å²) in [6.07, 6.45) is 4.08. The number of carbonyl (C=O) groups excluding carboxylic acids is 2. The number of benzene rings is 2. The van der Waals surface area contributed by atoms with Crippen LogP contribution in [0.1, 0.15) is 26.5 Å². The number of esters is 1. The Kier molecular flexibility index (Phi) is 7.05. The molecular weight excluding hydrogens is 555 g/mol. The van der Waals surface area contributed by atoms with Gasteiger partial charge in [-0.15, -0.1) is 11.3 Å². The number of ether oxygens (including phenoxy) is 2. The van der Waals surface area contributed by atoms with Gasteiger partial charge in [0.15, 0.2) is 5.65 Å². The molecule has 2 aromatic carbocycles. The molecule has 0 N–H and O–H groups in total. The molecule has 11 heteroatoms. The van der Waals surface area contributed by atoms with E-state index in [4.69, 9.17) is 21.1 Å². The number of rotatable bonds is 6. The Morgan fingerprint density at radius 2 is 1.95 bits per heavy atom. The summed E-state index contributed by atoms with van der Waals surface area (Å²) < 4.78 is 27.2. The van der Waals surface area contributed by atoms with Gasteiger partial charge in [0.05, 0.1) is 36.7 Å². The lowest BCUT2D eigenvalue weighted by Crippen LogP contribution is -2.42. The van der Waals surface area contributed by atoms with Crippen molar-refractivity contribution < 1.29 is 23.5 Å². The minimum atomic E-state index is -0.741. The van der Waals surface area contributed by atoms with Crippen LogP contribution in [0, 0.1) is 5.82 Å². The van der Waals surface area contributed by atoms with Gasteiger partial charge < -0.3 is 14.4 Å². The van der Waals surface area contributed by atoms with E-state index in [2.05, 4.69) is 10.1 Å². The molecule has 1 unspecified atom stereocenters. The summed E-state index contributed by atoms with van der Waals surface area (Å²) in [7, 11) is 1.29. The van der Waals surface area contributed by atoms with Gasteiger partial charge in [-0.2, -0.15) is 5.10 Å². The first kappa shape index (κ1) is 26.1. The average Bonchev–Trinajstić information content (AvgIpc) is 3.73. The van der Waals surface area contributed by atoms with Crippen molar-refractivity contribution in [2.45, 2.75) is 12.5 Å². The normalized spacial score (nSPS) is 14.9. The maximum atomic E-state index is 14.8. The van der Waals surface area contributed by atoms with Crippen molar-refractivity contribution in [3.05, 3.63) is 94.3 Å². The second-order valence-corrected chi connectivity index (χ2v) is 10.7. The van der Waals surface area contributed by atoms with Gasteiger partial charge in [0, 0.05) is 40.5 Å². The van der Waals surface area contributed by atoms with Crippen LogP contribution in [0.4, 0.5) is 10.1 Å². The highest BCUT2D eigenvalue weighted by Gasteiger charge is 2.35. The molecule has 1 atom stereocenters.